The molecule has 0 saturated heterocycles. The van der Waals surface area contributed by atoms with E-state index in [9.17, 15) is 19.7 Å². The molecule has 154 valence electrons. The number of amides is 2. The number of nitrogens with one attached hydrogen (secondary N) is 2. The summed E-state index contributed by atoms with van der Waals surface area (Å²) in [6.45, 7) is 4.14. The molecule has 0 fully saturated rings. The van der Waals surface area contributed by atoms with Crippen LogP contribution in [0.5, 0.6) is 11.5 Å². The summed E-state index contributed by atoms with van der Waals surface area (Å²) >= 11 is 0. The number of ether oxygens (including phenoxy) is 2. The number of rotatable bonds is 9. The highest BCUT2D eigenvalue weighted by atomic mass is 16.6. The largest absolute Gasteiger partial charge is 0.490 e. The Labute approximate surface area is 168 Å². The zero-order chi connectivity index (χ0) is 21.4. The average molecular weight is 401 g/mol. The van der Waals surface area contributed by atoms with Crippen LogP contribution in [0.1, 0.15) is 24.2 Å². The zero-order valence-corrected chi connectivity index (χ0v) is 16.4. The summed E-state index contributed by atoms with van der Waals surface area (Å²) in [5.41, 5.74) is 0.507. The highest BCUT2D eigenvalue weighted by Crippen LogP contribution is 2.30. The number of hydrogen-bond acceptors (Lipinski definition) is 6. The van der Waals surface area contributed by atoms with Crippen LogP contribution in [0.2, 0.25) is 0 Å². The number of benzene rings is 2. The highest BCUT2D eigenvalue weighted by molar-refractivity contribution is 6.04. The van der Waals surface area contributed by atoms with E-state index in [1.807, 2.05) is 13.8 Å². The molecule has 9 nitrogen and oxygen atoms in total. The molecule has 2 amide bonds. The lowest BCUT2D eigenvalue weighted by Crippen LogP contribution is -2.29. The molecule has 9 heteroatoms. The van der Waals surface area contributed by atoms with E-state index in [0.29, 0.717) is 23.7 Å². The lowest BCUT2D eigenvalue weighted by molar-refractivity contribution is -0.385. The minimum Gasteiger partial charge on any atom is -0.490 e. The lowest BCUT2D eigenvalue weighted by Gasteiger charge is -2.13. The Balaban J connectivity index is 2.01. The van der Waals surface area contributed by atoms with Crippen LogP contribution in [0, 0.1) is 16.0 Å². The first-order valence-corrected chi connectivity index (χ1v) is 8.94. The third kappa shape index (κ3) is 6.20. The molecule has 0 saturated carbocycles. The second kappa shape index (κ2) is 10.1. The van der Waals surface area contributed by atoms with E-state index >= 15 is 0 Å². The fourth-order valence-electron chi connectivity index (χ4n) is 2.42. The van der Waals surface area contributed by atoms with Gasteiger partial charge in [-0.05, 0) is 24.1 Å². The van der Waals surface area contributed by atoms with E-state index < -0.39 is 10.8 Å². The van der Waals surface area contributed by atoms with Crippen molar-refractivity contribution in [3.63, 3.8) is 0 Å². The van der Waals surface area contributed by atoms with Crippen molar-refractivity contribution in [2.24, 2.45) is 5.92 Å². The normalized spacial score (nSPS) is 10.3. The number of carbonyl (C=O) groups excluding carboxylic acids is 2. The minimum atomic E-state index is -0.573. The van der Waals surface area contributed by atoms with Gasteiger partial charge in [0.2, 0.25) is 5.75 Å². The summed E-state index contributed by atoms with van der Waals surface area (Å²) in [5, 5.41) is 16.4. The van der Waals surface area contributed by atoms with E-state index in [-0.39, 0.29) is 29.7 Å². The fourth-order valence-corrected chi connectivity index (χ4v) is 2.42. The summed E-state index contributed by atoms with van der Waals surface area (Å²) in [5.74, 6) is -0.194. The molecule has 2 aromatic rings. The molecular formula is C20H23N3O6. The van der Waals surface area contributed by atoms with Crippen LogP contribution < -0.4 is 20.1 Å². The Kier molecular flexibility index (Phi) is 7.53. The summed E-state index contributed by atoms with van der Waals surface area (Å²) in [7, 11) is 1.31. The maximum Gasteiger partial charge on any atom is 0.311 e. The van der Waals surface area contributed by atoms with Gasteiger partial charge in [0, 0.05) is 18.7 Å². The Hall–Kier alpha value is -3.62. The maximum absolute atomic E-state index is 12.3. The van der Waals surface area contributed by atoms with Crippen molar-refractivity contribution >= 4 is 23.2 Å². The van der Waals surface area contributed by atoms with Crippen molar-refractivity contribution in [3.05, 3.63) is 58.1 Å². The third-order valence-electron chi connectivity index (χ3n) is 3.83. The first-order chi connectivity index (χ1) is 13.8. The van der Waals surface area contributed by atoms with Crippen molar-refractivity contribution in [2.45, 2.75) is 13.8 Å². The van der Waals surface area contributed by atoms with Gasteiger partial charge in [-0.25, -0.2) is 0 Å². The Morgan fingerprint density at radius 3 is 2.55 bits per heavy atom. The molecule has 0 radical (unpaired) electrons. The standard InChI is InChI=1S/C20H23N3O6/c1-13(2)11-21-20(25)15-6-4-5-7-16(15)22-19(24)12-29-14-8-9-17(23(26)27)18(10-14)28-3/h4-10,13H,11-12H2,1-3H3,(H,21,25)(H,22,24). The maximum atomic E-state index is 12.3. The number of carbonyl (C=O) groups is 2. The molecular weight excluding hydrogens is 378 g/mol. The molecule has 2 N–H and O–H groups in total. The topological polar surface area (TPSA) is 120 Å². The smallest absolute Gasteiger partial charge is 0.311 e. The SMILES string of the molecule is COc1cc(OCC(=O)Nc2ccccc2C(=O)NCC(C)C)ccc1[N+](=O)[O-]. The van der Waals surface area contributed by atoms with Crippen molar-refractivity contribution in [3.8, 4) is 11.5 Å². The molecule has 0 heterocycles. The van der Waals surface area contributed by atoms with Gasteiger partial charge in [-0.1, -0.05) is 26.0 Å². The Bertz CT molecular complexity index is 898. The van der Waals surface area contributed by atoms with Gasteiger partial charge >= 0.3 is 5.69 Å². The van der Waals surface area contributed by atoms with Crippen molar-refractivity contribution < 1.29 is 24.0 Å². The predicted octanol–water partition coefficient (Wildman–Crippen LogP) is 3.01. The summed E-state index contributed by atoms with van der Waals surface area (Å²) < 4.78 is 10.3. The van der Waals surface area contributed by atoms with E-state index in [1.165, 1.54) is 25.3 Å². The van der Waals surface area contributed by atoms with Gasteiger partial charge in [-0.2, -0.15) is 0 Å². The van der Waals surface area contributed by atoms with Crippen molar-refractivity contribution in [1.82, 2.24) is 5.32 Å². The number of nitro benzene ring substituents is 1. The van der Waals surface area contributed by atoms with Crippen LogP contribution in [-0.2, 0) is 4.79 Å². The molecule has 0 bridgehead atoms. The van der Waals surface area contributed by atoms with Crippen LogP contribution >= 0.6 is 0 Å². The molecule has 0 aromatic heterocycles. The second-order valence-electron chi connectivity index (χ2n) is 6.58. The van der Waals surface area contributed by atoms with Gasteiger partial charge in [-0.3, -0.25) is 19.7 Å². The number of para-hydroxylation sites is 1. The molecule has 29 heavy (non-hydrogen) atoms. The second-order valence-corrected chi connectivity index (χ2v) is 6.58. The number of methoxy groups -OCH3 is 1. The van der Waals surface area contributed by atoms with Crippen molar-refractivity contribution in [1.29, 1.82) is 0 Å². The highest BCUT2D eigenvalue weighted by Gasteiger charge is 2.17. The van der Waals surface area contributed by atoms with Gasteiger partial charge in [0.15, 0.2) is 6.61 Å². The number of nitrogens with zero attached hydrogens (tertiary/aromatic N) is 1. The molecule has 0 spiro atoms. The number of anilines is 1. The van der Waals surface area contributed by atoms with Crippen LogP contribution in [0.25, 0.3) is 0 Å². The lowest BCUT2D eigenvalue weighted by atomic mass is 10.1. The number of nitro groups is 1. The van der Waals surface area contributed by atoms with E-state index in [1.54, 1.807) is 24.3 Å². The molecule has 0 atom stereocenters. The van der Waals surface area contributed by atoms with Gasteiger partial charge in [0.25, 0.3) is 11.8 Å². The molecule has 2 rings (SSSR count). The van der Waals surface area contributed by atoms with Crippen LogP contribution in [0.3, 0.4) is 0 Å². The Morgan fingerprint density at radius 1 is 1.17 bits per heavy atom. The molecule has 0 aliphatic heterocycles. The Morgan fingerprint density at radius 2 is 1.90 bits per heavy atom. The summed E-state index contributed by atoms with van der Waals surface area (Å²) in [6.07, 6.45) is 0. The van der Waals surface area contributed by atoms with Crippen LogP contribution in [0.15, 0.2) is 42.5 Å². The average Bonchev–Trinajstić information content (AvgIpc) is 2.70. The molecule has 0 aliphatic rings. The molecule has 2 aromatic carbocycles. The summed E-state index contributed by atoms with van der Waals surface area (Å²) in [4.78, 5) is 34.9. The molecule has 0 aliphatic carbocycles. The van der Waals surface area contributed by atoms with Gasteiger partial charge in [-0.15, -0.1) is 0 Å². The van der Waals surface area contributed by atoms with E-state index in [0.717, 1.165) is 0 Å². The van der Waals surface area contributed by atoms with Gasteiger partial charge < -0.3 is 20.1 Å². The fraction of sp³-hybridized carbons (Fsp3) is 0.300. The van der Waals surface area contributed by atoms with E-state index in [4.69, 9.17) is 9.47 Å². The summed E-state index contributed by atoms with van der Waals surface area (Å²) in [6, 6.07) is 10.6. The first kappa shape index (κ1) is 21.7. The van der Waals surface area contributed by atoms with Gasteiger partial charge in [0.05, 0.1) is 23.3 Å². The number of hydrogen-bond donors (Lipinski definition) is 2. The van der Waals surface area contributed by atoms with E-state index in [2.05, 4.69) is 10.6 Å². The minimum absolute atomic E-state index is 0.0278. The first-order valence-electron chi connectivity index (χ1n) is 8.94. The van der Waals surface area contributed by atoms with Gasteiger partial charge in [0.1, 0.15) is 5.75 Å². The molecule has 0 unspecified atom stereocenters. The monoisotopic (exact) mass is 401 g/mol. The van der Waals surface area contributed by atoms with Crippen LogP contribution in [-0.4, -0.2) is 37.0 Å². The zero-order valence-electron chi connectivity index (χ0n) is 16.4. The van der Waals surface area contributed by atoms with Crippen molar-refractivity contribution in [2.75, 3.05) is 25.6 Å². The third-order valence-corrected chi connectivity index (χ3v) is 3.83. The van der Waals surface area contributed by atoms with Crippen LogP contribution in [0.4, 0.5) is 11.4 Å². The quantitative estimate of drug-likeness (QED) is 0.492. The predicted molar refractivity (Wildman–Crippen MR) is 107 cm³/mol.